The van der Waals surface area contributed by atoms with E-state index < -0.39 is 0 Å². The van der Waals surface area contributed by atoms with E-state index in [9.17, 15) is 0 Å². The Morgan fingerprint density at radius 3 is 2.67 bits per heavy atom. The molecule has 1 aliphatic heterocycles. The van der Waals surface area contributed by atoms with Crippen molar-refractivity contribution in [2.45, 2.75) is 12.1 Å². The average Bonchev–Trinajstić information content (AvgIpc) is 3.31. The summed E-state index contributed by atoms with van der Waals surface area (Å²) in [4.78, 5) is 9.00. The van der Waals surface area contributed by atoms with Crippen LogP contribution in [0.3, 0.4) is 0 Å². The van der Waals surface area contributed by atoms with Crippen molar-refractivity contribution < 1.29 is 0 Å². The normalized spacial score (nSPS) is 18.8. The number of hydrogen-bond acceptors (Lipinski definition) is 3. The molecule has 2 atom stereocenters. The van der Waals surface area contributed by atoms with Crippen LogP contribution in [-0.4, -0.2) is 51.6 Å². The van der Waals surface area contributed by atoms with Crippen LogP contribution < -0.4 is 5.32 Å². The van der Waals surface area contributed by atoms with Gasteiger partial charge >= 0.3 is 0 Å². The third-order valence-electron chi connectivity index (χ3n) is 5.24. The van der Waals surface area contributed by atoms with Crippen LogP contribution in [0.5, 0.6) is 0 Å². The monoisotopic (exact) mass is 459 g/mol. The van der Waals surface area contributed by atoms with Crippen molar-refractivity contribution in [2.24, 2.45) is 0 Å². The summed E-state index contributed by atoms with van der Waals surface area (Å²) in [5.41, 5.74) is 2.92. The first kappa shape index (κ1) is 21.1. The zero-order chi connectivity index (χ0) is 21.3. The molecule has 156 valence electrons. The van der Waals surface area contributed by atoms with E-state index in [1.54, 1.807) is 6.07 Å². The molecule has 1 aliphatic rings. The van der Waals surface area contributed by atoms with E-state index in [1.165, 1.54) is 0 Å². The number of nitrogens with one attached hydrogen (secondary N) is 1. The van der Waals surface area contributed by atoms with Gasteiger partial charge in [-0.2, -0.15) is 0 Å². The highest BCUT2D eigenvalue weighted by molar-refractivity contribution is 7.80. The maximum Gasteiger partial charge on any atom is 0.170 e. The summed E-state index contributed by atoms with van der Waals surface area (Å²) in [5, 5.41) is 5.43. The lowest BCUT2D eigenvalue weighted by molar-refractivity contribution is 0.272. The van der Waals surface area contributed by atoms with Gasteiger partial charge in [0.05, 0.1) is 28.5 Å². The molecule has 1 aromatic carbocycles. The van der Waals surface area contributed by atoms with Gasteiger partial charge in [0.25, 0.3) is 0 Å². The molecule has 0 saturated carbocycles. The Morgan fingerprint density at radius 1 is 1.13 bits per heavy atom. The molecule has 1 fully saturated rings. The molecule has 8 heteroatoms. The van der Waals surface area contributed by atoms with Gasteiger partial charge in [-0.1, -0.05) is 29.3 Å². The molecule has 3 heterocycles. The molecule has 0 aliphatic carbocycles. The molecule has 0 unspecified atom stereocenters. The van der Waals surface area contributed by atoms with E-state index in [4.69, 9.17) is 35.4 Å². The fourth-order valence-corrected chi connectivity index (χ4v) is 4.64. The lowest BCUT2D eigenvalue weighted by Crippen LogP contribution is -2.36. The summed E-state index contributed by atoms with van der Waals surface area (Å²) in [6, 6.07) is 15.6. The number of nitrogens with zero attached hydrogens (tertiary/aromatic N) is 4. The van der Waals surface area contributed by atoms with Crippen molar-refractivity contribution in [3.05, 3.63) is 82.4 Å². The van der Waals surface area contributed by atoms with Crippen molar-refractivity contribution in [2.75, 3.05) is 27.2 Å². The minimum atomic E-state index is -0.0689. The molecule has 5 nitrogen and oxygen atoms in total. The summed E-state index contributed by atoms with van der Waals surface area (Å²) in [6.45, 7) is 1.68. The second kappa shape index (κ2) is 8.94. The van der Waals surface area contributed by atoms with Crippen LogP contribution in [0.25, 0.3) is 5.69 Å². The van der Waals surface area contributed by atoms with Crippen LogP contribution in [0.4, 0.5) is 0 Å². The Labute approximate surface area is 192 Å². The van der Waals surface area contributed by atoms with E-state index in [0.717, 1.165) is 35.3 Å². The van der Waals surface area contributed by atoms with Gasteiger partial charge in [-0.3, -0.25) is 4.98 Å². The summed E-state index contributed by atoms with van der Waals surface area (Å²) >= 11 is 18.4. The molecule has 2 aromatic heterocycles. The van der Waals surface area contributed by atoms with E-state index in [1.807, 2.05) is 48.8 Å². The number of benzene rings is 1. The molecule has 4 rings (SSSR count). The Hall–Kier alpha value is -2.12. The van der Waals surface area contributed by atoms with Crippen molar-refractivity contribution in [1.82, 2.24) is 24.7 Å². The summed E-state index contributed by atoms with van der Waals surface area (Å²) < 4.78 is 2.11. The molecular weight excluding hydrogens is 437 g/mol. The standard InChI is InChI=1S/C22H23Cl2N5S/c1-27(2)12-13-29-21(20(26-22(29)30)17-6-3-4-10-25-17)19-7-5-11-28(19)18-9-8-15(23)14-16(18)24/h3-11,14,20-21H,12-13H2,1-2H3,(H,26,30)/t20-,21+/m0/s1. The van der Waals surface area contributed by atoms with Crippen LogP contribution in [0.15, 0.2) is 60.9 Å². The quantitative estimate of drug-likeness (QED) is 0.539. The molecule has 0 spiro atoms. The van der Waals surface area contributed by atoms with Gasteiger partial charge in [-0.05, 0) is 68.8 Å². The predicted molar refractivity (Wildman–Crippen MR) is 127 cm³/mol. The topological polar surface area (TPSA) is 36.3 Å². The fourth-order valence-electron chi connectivity index (χ4n) is 3.81. The minimum Gasteiger partial charge on any atom is -0.352 e. The zero-order valence-electron chi connectivity index (χ0n) is 16.8. The average molecular weight is 460 g/mol. The third-order valence-corrected chi connectivity index (χ3v) is 6.13. The maximum atomic E-state index is 6.54. The maximum absolute atomic E-state index is 6.54. The van der Waals surface area contributed by atoms with Gasteiger partial charge in [0, 0.05) is 36.2 Å². The van der Waals surface area contributed by atoms with Crippen molar-refractivity contribution in [1.29, 1.82) is 0 Å². The number of aromatic nitrogens is 2. The highest BCUT2D eigenvalue weighted by Crippen LogP contribution is 2.40. The number of hydrogen-bond donors (Lipinski definition) is 1. The van der Waals surface area contributed by atoms with Gasteiger partial charge in [0.2, 0.25) is 0 Å². The molecule has 30 heavy (non-hydrogen) atoms. The molecule has 0 amide bonds. The van der Waals surface area contributed by atoms with Gasteiger partial charge in [-0.25, -0.2) is 0 Å². The summed E-state index contributed by atoms with van der Waals surface area (Å²) in [5.74, 6) is 0. The van der Waals surface area contributed by atoms with Crippen LogP contribution in [0, 0.1) is 0 Å². The highest BCUT2D eigenvalue weighted by Gasteiger charge is 2.41. The fraction of sp³-hybridized carbons (Fsp3) is 0.273. The summed E-state index contributed by atoms with van der Waals surface area (Å²) in [6.07, 6.45) is 3.83. The largest absolute Gasteiger partial charge is 0.352 e. The van der Waals surface area contributed by atoms with Gasteiger partial charge in [0.1, 0.15) is 0 Å². The Kier molecular flexibility index (Phi) is 6.29. The Bertz CT molecular complexity index is 1040. The number of pyridine rings is 1. The lowest BCUT2D eigenvalue weighted by Gasteiger charge is -2.30. The van der Waals surface area contributed by atoms with Gasteiger partial charge in [-0.15, -0.1) is 0 Å². The molecular formula is C22H23Cl2N5S. The SMILES string of the molecule is CN(C)CCN1C(=S)N[C@@H](c2ccccn2)[C@H]1c1cccn1-c1ccc(Cl)cc1Cl. The van der Waals surface area contributed by atoms with Gasteiger partial charge in [0.15, 0.2) is 5.11 Å². The summed E-state index contributed by atoms with van der Waals surface area (Å²) in [7, 11) is 4.13. The van der Waals surface area contributed by atoms with Crippen LogP contribution in [-0.2, 0) is 0 Å². The number of halogens is 2. The van der Waals surface area contributed by atoms with Crippen LogP contribution in [0.1, 0.15) is 23.5 Å². The predicted octanol–water partition coefficient (Wildman–Crippen LogP) is 4.71. The highest BCUT2D eigenvalue weighted by atomic mass is 35.5. The molecule has 3 aromatic rings. The Balaban J connectivity index is 1.80. The van der Waals surface area contributed by atoms with Crippen molar-refractivity contribution in [3.63, 3.8) is 0 Å². The third kappa shape index (κ3) is 4.18. The Morgan fingerprint density at radius 2 is 1.97 bits per heavy atom. The van der Waals surface area contributed by atoms with E-state index in [0.29, 0.717) is 10.0 Å². The number of rotatable bonds is 6. The van der Waals surface area contributed by atoms with E-state index in [2.05, 4.69) is 44.8 Å². The first-order valence-electron chi connectivity index (χ1n) is 9.71. The zero-order valence-corrected chi connectivity index (χ0v) is 19.1. The first-order valence-corrected chi connectivity index (χ1v) is 10.9. The second-order valence-corrected chi connectivity index (χ2v) is 8.75. The molecule has 0 radical (unpaired) electrons. The second-order valence-electron chi connectivity index (χ2n) is 7.52. The molecule has 0 bridgehead atoms. The van der Waals surface area contributed by atoms with E-state index in [-0.39, 0.29) is 12.1 Å². The van der Waals surface area contributed by atoms with Crippen LogP contribution >= 0.6 is 35.4 Å². The van der Waals surface area contributed by atoms with E-state index >= 15 is 0 Å². The first-order chi connectivity index (χ1) is 14.5. The lowest BCUT2D eigenvalue weighted by atomic mass is 10.0. The number of likely N-dealkylation sites (N-methyl/N-ethyl adjacent to an activating group) is 1. The number of thiocarbonyl (C=S) groups is 1. The smallest absolute Gasteiger partial charge is 0.170 e. The minimum absolute atomic E-state index is 0.0332. The van der Waals surface area contributed by atoms with Crippen LogP contribution in [0.2, 0.25) is 10.0 Å². The molecule has 1 N–H and O–H groups in total. The van der Waals surface area contributed by atoms with Crippen molar-refractivity contribution >= 4 is 40.5 Å². The van der Waals surface area contributed by atoms with Crippen molar-refractivity contribution in [3.8, 4) is 5.69 Å². The molecule has 1 saturated heterocycles. The van der Waals surface area contributed by atoms with Gasteiger partial charge < -0.3 is 19.7 Å².